The first-order valence-corrected chi connectivity index (χ1v) is 8.36. The highest BCUT2D eigenvalue weighted by Gasteiger charge is 2.24. The van der Waals surface area contributed by atoms with Crippen LogP contribution >= 0.6 is 11.3 Å². The van der Waals surface area contributed by atoms with Crippen molar-refractivity contribution in [2.75, 3.05) is 5.32 Å². The predicted octanol–water partition coefficient (Wildman–Crippen LogP) is 5.00. The van der Waals surface area contributed by atoms with Gasteiger partial charge in [-0.25, -0.2) is 4.79 Å². The van der Waals surface area contributed by atoms with Gasteiger partial charge in [0.2, 0.25) is 0 Å². The van der Waals surface area contributed by atoms with Gasteiger partial charge in [-0.2, -0.15) is 0 Å². The second-order valence-electron chi connectivity index (χ2n) is 6.58. The molecule has 0 aliphatic heterocycles. The zero-order valence-electron chi connectivity index (χ0n) is 12.9. The fourth-order valence-corrected chi connectivity index (χ4v) is 3.90. The molecule has 1 aromatic heterocycles. The molecule has 3 nitrogen and oxygen atoms in total. The van der Waals surface area contributed by atoms with E-state index in [4.69, 9.17) is 4.74 Å². The van der Waals surface area contributed by atoms with Crippen molar-refractivity contribution < 1.29 is 9.53 Å². The Kier molecular flexibility index (Phi) is 4.74. The lowest BCUT2D eigenvalue weighted by Gasteiger charge is -2.23. The van der Waals surface area contributed by atoms with Gasteiger partial charge in [-0.3, -0.25) is 5.32 Å². The van der Waals surface area contributed by atoms with Crippen LogP contribution in [0.2, 0.25) is 0 Å². The third kappa shape index (κ3) is 3.98. The molecule has 1 atom stereocenters. The van der Waals surface area contributed by atoms with Crippen LogP contribution in [0.15, 0.2) is 5.38 Å². The average molecular weight is 295 g/mol. The van der Waals surface area contributed by atoms with E-state index in [-0.39, 0.29) is 6.09 Å². The number of thiophene rings is 1. The summed E-state index contributed by atoms with van der Waals surface area (Å²) in [6.45, 7) is 7.89. The Morgan fingerprint density at radius 3 is 2.90 bits per heavy atom. The van der Waals surface area contributed by atoms with E-state index in [0.29, 0.717) is 0 Å². The SMILES string of the molecule is CCCC1CCc2c(NC(=O)OC(C)(C)C)csc2C1. The number of ether oxygens (including phenoxy) is 1. The van der Waals surface area contributed by atoms with E-state index in [2.05, 4.69) is 17.6 Å². The molecule has 0 saturated heterocycles. The zero-order chi connectivity index (χ0) is 14.8. The van der Waals surface area contributed by atoms with Crippen LogP contribution in [0.4, 0.5) is 10.5 Å². The number of nitrogens with one attached hydrogen (secondary N) is 1. The van der Waals surface area contributed by atoms with Crippen molar-refractivity contribution >= 4 is 23.1 Å². The summed E-state index contributed by atoms with van der Waals surface area (Å²) in [6, 6.07) is 0. The minimum Gasteiger partial charge on any atom is -0.444 e. The van der Waals surface area contributed by atoms with Crippen LogP contribution in [0.3, 0.4) is 0 Å². The Morgan fingerprint density at radius 2 is 2.25 bits per heavy atom. The summed E-state index contributed by atoms with van der Waals surface area (Å²) in [5, 5.41) is 4.96. The topological polar surface area (TPSA) is 38.3 Å². The molecule has 1 unspecified atom stereocenters. The second-order valence-corrected chi connectivity index (χ2v) is 7.54. The van der Waals surface area contributed by atoms with Crippen LogP contribution in [0.1, 0.15) is 57.4 Å². The smallest absolute Gasteiger partial charge is 0.412 e. The lowest BCUT2D eigenvalue weighted by molar-refractivity contribution is 0.0636. The lowest BCUT2D eigenvalue weighted by Crippen LogP contribution is -2.27. The average Bonchev–Trinajstić information content (AvgIpc) is 2.70. The Hall–Kier alpha value is -1.03. The number of carbonyl (C=O) groups is 1. The maximum Gasteiger partial charge on any atom is 0.412 e. The molecule has 1 aliphatic carbocycles. The third-order valence-corrected chi connectivity index (χ3v) is 4.64. The van der Waals surface area contributed by atoms with Crippen LogP contribution in [0.25, 0.3) is 0 Å². The first-order chi connectivity index (χ1) is 9.39. The summed E-state index contributed by atoms with van der Waals surface area (Å²) in [7, 11) is 0. The molecule has 0 bridgehead atoms. The van der Waals surface area contributed by atoms with Crippen LogP contribution in [0, 0.1) is 5.92 Å². The highest BCUT2D eigenvalue weighted by Crippen LogP contribution is 2.37. The number of carbonyl (C=O) groups excluding carboxylic acids is 1. The highest BCUT2D eigenvalue weighted by atomic mass is 32.1. The Balaban J connectivity index is 2.00. The lowest BCUT2D eigenvalue weighted by atomic mass is 9.86. The van der Waals surface area contributed by atoms with E-state index < -0.39 is 5.60 Å². The van der Waals surface area contributed by atoms with Gasteiger partial charge in [0.1, 0.15) is 5.60 Å². The van der Waals surface area contributed by atoms with Gasteiger partial charge >= 0.3 is 6.09 Å². The first kappa shape index (κ1) is 15.4. The molecule has 1 N–H and O–H groups in total. The quantitative estimate of drug-likeness (QED) is 0.852. The van der Waals surface area contributed by atoms with E-state index in [1.54, 1.807) is 11.3 Å². The van der Waals surface area contributed by atoms with E-state index in [9.17, 15) is 4.79 Å². The fourth-order valence-electron chi connectivity index (χ4n) is 2.75. The van der Waals surface area contributed by atoms with Crippen LogP contribution in [0.5, 0.6) is 0 Å². The molecule has 2 rings (SSSR count). The summed E-state index contributed by atoms with van der Waals surface area (Å²) < 4.78 is 5.32. The van der Waals surface area contributed by atoms with E-state index in [0.717, 1.165) is 18.0 Å². The maximum atomic E-state index is 11.8. The standard InChI is InChI=1S/C16H25NO2S/c1-5-6-11-7-8-12-13(10-20-14(12)9-11)17-15(18)19-16(2,3)4/h10-11H,5-9H2,1-4H3,(H,17,18). The van der Waals surface area contributed by atoms with Crippen molar-refractivity contribution in [3.63, 3.8) is 0 Å². The summed E-state index contributed by atoms with van der Waals surface area (Å²) in [4.78, 5) is 13.3. The zero-order valence-corrected chi connectivity index (χ0v) is 13.7. The Labute approximate surface area is 125 Å². The van der Waals surface area contributed by atoms with Gasteiger partial charge in [0.15, 0.2) is 0 Å². The van der Waals surface area contributed by atoms with E-state index >= 15 is 0 Å². The van der Waals surface area contributed by atoms with Crippen LogP contribution in [-0.2, 0) is 17.6 Å². The van der Waals surface area contributed by atoms with E-state index in [1.165, 1.54) is 36.1 Å². The molecule has 0 fully saturated rings. The second kappa shape index (κ2) is 6.17. The predicted molar refractivity (Wildman–Crippen MR) is 84.6 cm³/mol. The normalized spacial score (nSPS) is 18.5. The van der Waals surface area contributed by atoms with Gasteiger partial charge in [-0.05, 0) is 51.5 Å². The molecule has 4 heteroatoms. The molecule has 0 saturated carbocycles. The summed E-state index contributed by atoms with van der Waals surface area (Å²) in [6.07, 6.45) is 5.70. The molecule has 20 heavy (non-hydrogen) atoms. The third-order valence-electron chi connectivity index (χ3n) is 3.59. The molecule has 1 amide bonds. The van der Waals surface area contributed by atoms with Gasteiger partial charge in [0.05, 0.1) is 5.69 Å². The van der Waals surface area contributed by atoms with Crippen molar-refractivity contribution in [3.05, 3.63) is 15.8 Å². The first-order valence-electron chi connectivity index (χ1n) is 7.48. The number of hydrogen-bond donors (Lipinski definition) is 1. The number of amides is 1. The summed E-state index contributed by atoms with van der Waals surface area (Å²) in [5.74, 6) is 0.820. The number of fused-ring (bicyclic) bond motifs is 1. The molecule has 0 radical (unpaired) electrons. The van der Waals surface area contributed by atoms with E-state index in [1.807, 2.05) is 20.8 Å². The van der Waals surface area contributed by atoms with Gasteiger partial charge in [0.25, 0.3) is 0 Å². The molecular formula is C16H25NO2S. The van der Waals surface area contributed by atoms with Gasteiger partial charge < -0.3 is 4.74 Å². The maximum absolute atomic E-state index is 11.8. The molecule has 112 valence electrons. The molecule has 1 heterocycles. The minimum absolute atomic E-state index is 0.353. The molecular weight excluding hydrogens is 270 g/mol. The van der Waals surface area contributed by atoms with Crippen molar-refractivity contribution in [2.24, 2.45) is 5.92 Å². The van der Waals surface area contributed by atoms with Gasteiger partial charge in [-0.15, -0.1) is 11.3 Å². The monoisotopic (exact) mass is 295 g/mol. The number of rotatable bonds is 3. The molecule has 1 aliphatic rings. The van der Waals surface area contributed by atoms with Crippen molar-refractivity contribution in [1.29, 1.82) is 0 Å². The Bertz CT molecular complexity index is 473. The summed E-state index contributed by atoms with van der Waals surface area (Å²) in [5.41, 5.74) is 1.83. The summed E-state index contributed by atoms with van der Waals surface area (Å²) >= 11 is 1.77. The van der Waals surface area contributed by atoms with Gasteiger partial charge in [-0.1, -0.05) is 19.8 Å². The Morgan fingerprint density at radius 1 is 1.50 bits per heavy atom. The van der Waals surface area contributed by atoms with Crippen LogP contribution in [-0.4, -0.2) is 11.7 Å². The van der Waals surface area contributed by atoms with Crippen molar-refractivity contribution in [3.8, 4) is 0 Å². The molecule has 0 spiro atoms. The van der Waals surface area contributed by atoms with Gasteiger partial charge in [0, 0.05) is 10.3 Å². The van der Waals surface area contributed by atoms with Crippen molar-refractivity contribution in [1.82, 2.24) is 0 Å². The minimum atomic E-state index is -0.452. The fraction of sp³-hybridized carbons (Fsp3) is 0.688. The largest absolute Gasteiger partial charge is 0.444 e. The number of anilines is 1. The highest BCUT2D eigenvalue weighted by molar-refractivity contribution is 7.10. The number of hydrogen-bond acceptors (Lipinski definition) is 3. The molecule has 1 aromatic rings. The molecule has 0 aromatic carbocycles. The van der Waals surface area contributed by atoms with Crippen LogP contribution < -0.4 is 5.32 Å². The van der Waals surface area contributed by atoms with Crippen molar-refractivity contribution in [2.45, 2.75) is 65.4 Å².